The molecule has 2 nitrogen and oxygen atoms in total. The van der Waals surface area contributed by atoms with Gasteiger partial charge in [0, 0.05) is 12.6 Å². The van der Waals surface area contributed by atoms with Crippen molar-refractivity contribution in [3.05, 3.63) is 0 Å². The third-order valence-corrected chi connectivity index (χ3v) is 3.28. The van der Waals surface area contributed by atoms with E-state index in [2.05, 4.69) is 26.1 Å². The molecule has 2 atom stereocenters. The molecule has 1 rings (SSSR count). The number of rotatable bonds is 9. The first-order chi connectivity index (χ1) is 7.31. The lowest BCUT2D eigenvalue weighted by Crippen LogP contribution is -2.41. The van der Waals surface area contributed by atoms with Crippen molar-refractivity contribution in [1.29, 1.82) is 0 Å². The topological polar surface area (TPSA) is 21.3 Å². The van der Waals surface area contributed by atoms with Gasteiger partial charge in [-0.05, 0) is 38.6 Å². The van der Waals surface area contributed by atoms with Crippen molar-refractivity contribution in [3.8, 4) is 0 Å². The Balaban J connectivity index is 2.29. The first kappa shape index (κ1) is 13.0. The second-order valence-corrected chi connectivity index (χ2v) is 4.59. The van der Waals surface area contributed by atoms with Crippen LogP contribution in [-0.2, 0) is 4.74 Å². The molecule has 0 heterocycles. The fourth-order valence-corrected chi connectivity index (χ4v) is 2.24. The summed E-state index contributed by atoms with van der Waals surface area (Å²) >= 11 is 0. The molecule has 0 aromatic rings. The molecule has 90 valence electrons. The zero-order valence-corrected chi connectivity index (χ0v) is 10.6. The lowest BCUT2D eigenvalue weighted by molar-refractivity contribution is 0.0292. The fourth-order valence-electron chi connectivity index (χ4n) is 2.24. The fraction of sp³-hybridized carbons (Fsp3) is 1.00. The van der Waals surface area contributed by atoms with Crippen LogP contribution in [0.25, 0.3) is 0 Å². The van der Waals surface area contributed by atoms with Crippen LogP contribution in [-0.4, -0.2) is 25.3 Å². The van der Waals surface area contributed by atoms with Crippen LogP contribution in [0.1, 0.15) is 52.9 Å². The van der Waals surface area contributed by atoms with E-state index in [1.807, 2.05) is 0 Å². The van der Waals surface area contributed by atoms with Crippen LogP contribution in [0.3, 0.4) is 0 Å². The Bertz CT molecular complexity index is 157. The molecule has 0 aromatic carbocycles. The van der Waals surface area contributed by atoms with E-state index >= 15 is 0 Å². The third kappa shape index (κ3) is 4.98. The van der Waals surface area contributed by atoms with Crippen molar-refractivity contribution in [3.63, 3.8) is 0 Å². The Morgan fingerprint density at radius 2 is 2.00 bits per heavy atom. The lowest BCUT2D eigenvalue weighted by Gasteiger charge is -2.27. The molecule has 0 amide bonds. The average molecular weight is 213 g/mol. The van der Waals surface area contributed by atoms with Crippen LogP contribution in [0, 0.1) is 5.92 Å². The van der Waals surface area contributed by atoms with Gasteiger partial charge in [-0.15, -0.1) is 0 Å². The Morgan fingerprint density at radius 3 is 2.47 bits per heavy atom. The summed E-state index contributed by atoms with van der Waals surface area (Å²) in [4.78, 5) is 0. The van der Waals surface area contributed by atoms with Gasteiger partial charge in [-0.1, -0.05) is 26.7 Å². The average Bonchev–Trinajstić information content (AvgIpc) is 3.05. The molecular weight excluding hydrogens is 186 g/mol. The van der Waals surface area contributed by atoms with Gasteiger partial charge < -0.3 is 10.1 Å². The Morgan fingerprint density at radius 1 is 1.27 bits per heavy atom. The van der Waals surface area contributed by atoms with E-state index in [-0.39, 0.29) is 0 Å². The second-order valence-electron chi connectivity index (χ2n) is 4.59. The van der Waals surface area contributed by atoms with Crippen molar-refractivity contribution >= 4 is 0 Å². The Kier molecular flexibility index (Phi) is 6.26. The molecule has 0 radical (unpaired) electrons. The highest BCUT2D eigenvalue weighted by molar-refractivity contribution is 4.80. The van der Waals surface area contributed by atoms with Crippen LogP contribution in [0.4, 0.5) is 0 Å². The van der Waals surface area contributed by atoms with Gasteiger partial charge in [-0.3, -0.25) is 0 Å². The minimum atomic E-state index is 0.411. The van der Waals surface area contributed by atoms with Gasteiger partial charge in [0.05, 0.1) is 6.10 Å². The molecule has 0 spiro atoms. The number of hydrogen-bond donors (Lipinski definition) is 1. The smallest absolute Gasteiger partial charge is 0.0725 e. The largest absolute Gasteiger partial charge is 0.377 e. The minimum absolute atomic E-state index is 0.411. The predicted octanol–water partition coefficient (Wildman–Crippen LogP) is 2.97. The van der Waals surface area contributed by atoms with Gasteiger partial charge in [0.15, 0.2) is 0 Å². The maximum absolute atomic E-state index is 5.80. The van der Waals surface area contributed by atoms with E-state index in [9.17, 15) is 0 Å². The molecule has 1 aliphatic carbocycles. The van der Waals surface area contributed by atoms with Gasteiger partial charge in [0.25, 0.3) is 0 Å². The van der Waals surface area contributed by atoms with E-state index in [1.54, 1.807) is 0 Å². The van der Waals surface area contributed by atoms with Crippen LogP contribution in [0.15, 0.2) is 0 Å². The predicted molar refractivity (Wildman–Crippen MR) is 65.1 cm³/mol. The van der Waals surface area contributed by atoms with Crippen molar-refractivity contribution in [2.75, 3.05) is 13.2 Å². The molecule has 0 aromatic heterocycles. The summed E-state index contributed by atoms with van der Waals surface area (Å²) in [6.45, 7) is 8.39. The van der Waals surface area contributed by atoms with E-state index in [0.717, 1.165) is 25.5 Å². The van der Waals surface area contributed by atoms with Crippen LogP contribution >= 0.6 is 0 Å². The van der Waals surface area contributed by atoms with Crippen LogP contribution in [0.5, 0.6) is 0 Å². The van der Waals surface area contributed by atoms with E-state index in [0.29, 0.717) is 12.1 Å². The summed E-state index contributed by atoms with van der Waals surface area (Å²) in [5.41, 5.74) is 0. The monoisotopic (exact) mass is 213 g/mol. The van der Waals surface area contributed by atoms with E-state index in [4.69, 9.17) is 4.74 Å². The van der Waals surface area contributed by atoms with E-state index < -0.39 is 0 Å². The van der Waals surface area contributed by atoms with Crippen molar-refractivity contribution in [2.24, 2.45) is 5.92 Å². The molecule has 0 saturated heterocycles. The molecule has 2 unspecified atom stereocenters. The Labute approximate surface area is 94.8 Å². The highest BCUT2D eigenvalue weighted by Gasteiger charge is 2.25. The summed E-state index contributed by atoms with van der Waals surface area (Å²) < 4.78 is 5.80. The number of ether oxygens (including phenoxy) is 1. The molecule has 0 bridgehead atoms. The quantitative estimate of drug-likeness (QED) is 0.636. The first-order valence-corrected chi connectivity index (χ1v) is 6.66. The van der Waals surface area contributed by atoms with Gasteiger partial charge >= 0.3 is 0 Å². The van der Waals surface area contributed by atoms with E-state index in [1.165, 1.54) is 25.7 Å². The van der Waals surface area contributed by atoms with Crippen LogP contribution in [0.2, 0.25) is 0 Å². The zero-order chi connectivity index (χ0) is 11.1. The summed E-state index contributed by atoms with van der Waals surface area (Å²) in [7, 11) is 0. The highest BCUT2D eigenvalue weighted by Crippen LogP contribution is 2.34. The maximum atomic E-state index is 5.80. The third-order valence-electron chi connectivity index (χ3n) is 3.28. The highest BCUT2D eigenvalue weighted by atomic mass is 16.5. The number of likely N-dealkylation sites (N-methyl/N-ethyl adjacent to an activating group) is 1. The molecule has 1 saturated carbocycles. The van der Waals surface area contributed by atoms with Gasteiger partial charge in [0.2, 0.25) is 0 Å². The molecule has 1 aliphatic rings. The number of hydrogen-bond acceptors (Lipinski definition) is 2. The maximum Gasteiger partial charge on any atom is 0.0725 e. The van der Waals surface area contributed by atoms with Gasteiger partial charge in [0.1, 0.15) is 0 Å². The van der Waals surface area contributed by atoms with Crippen LogP contribution < -0.4 is 5.32 Å². The van der Waals surface area contributed by atoms with Gasteiger partial charge in [-0.25, -0.2) is 0 Å². The molecule has 15 heavy (non-hydrogen) atoms. The molecule has 1 N–H and O–H groups in total. The van der Waals surface area contributed by atoms with Crippen molar-refractivity contribution in [2.45, 2.75) is 65.0 Å². The number of nitrogens with one attached hydrogen (secondary N) is 1. The van der Waals surface area contributed by atoms with Gasteiger partial charge in [-0.2, -0.15) is 0 Å². The summed E-state index contributed by atoms with van der Waals surface area (Å²) in [5.74, 6) is 1.03. The molecule has 2 heteroatoms. The lowest BCUT2D eigenvalue weighted by atomic mass is 10.0. The normalized spacial score (nSPS) is 20.2. The Hall–Kier alpha value is -0.0800. The first-order valence-electron chi connectivity index (χ1n) is 6.66. The molecular formula is C13H27NO. The minimum Gasteiger partial charge on any atom is -0.377 e. The van der Waals surface area contributed by atoms with Crippen molar-refractivity contribution < 1.29 is 4.74 Å². The summed E-state index contributed by atoms with van der Waals surface area (Å²) in [5, 5.41) is 3.58. The summed E-state index contributed by atoms with van der Waals surface area (Å²) in [6, 6.07) is 0.570. The van der Waals surface area contributed by atoms with Crippen molar-refractivity contribution in [1.82, 2.24) is 5.32 Å². The molecule has 1 fully saturated rings. The molecule has 0 aliphatic heterocycles. The standard InChI is InChI=1S/C13H27NO/c1-4-13(15-6-3)12(14-5-2)10-9-11-7-8-11/h11-14H,4-10H2,1-3H3. The SMILES string of the molecule is CCNC(CCC1CC1)C(CC)OCC. The summed E-state index contributed by atoms with van der Waals surface area (Å²) in [6.07, 6.45) is 7.14. The second kappa shape index (κ2) is 7.24. The zero-order valence-electron chi connectivity index (χ0n) is 10.6.